The van der Waals surface area contributed by atoms with Crippen molar-refractivity contribution in [3.05, 3.63) is 76.6 Å². The third kappa shape index (κ3) is 4.11. The van der Waals surface area contributed by atoms with Crippen molar-refractivity contribution in [2.24, 2.45) is 0 Å². The molecule has 2 aromatic carbocycles. The second-order valence-corrected chi connectivity index (χ2v) is 6.54. The predicted molar refractivity (Wildman–Crippen MR) is 103 cm³/mol. The summed E-state index contributed by atoms with van der Waals surface area (Å²) >= 11 is 0. The van der Waals surface area contributed by atoms with Crippen LogP contribution in [-0.2, 0) is 6.73 Å². The van der Waals surface area contributed by atoms with Crippen LogP contribution in [0, 0.1) is 27.7 Å². The van der Waals surface area contributed by atoms with Gasteiger partial charge in [-0.1, -0.05) is 23.8 Å². The molecule has 0 unspecified atom stereocenters. The highest BCUT2D eigenvalue weighted by molar-refractivity contribution is 6.02. The third-order valence-electron chi connectivity index (χ3n) is 4.32. The van der Waals surface area contributed by atoms with E-state index in [4.69, 9.17) is 4.74 Å². The van der Waals surface area contributed by atoms with Crippen molar-refractivity contribution in [3.8, 4) is 5.75 Å². The number of amides is 1. The number of anilines is 1. The van der Waals surface area contributed by atoms with Gasteiger partial charge in [0.15, 0.2) is 12.4 Å². The quantitative estimate of drug-likeness (QED) is 0.742. The van der Waals surface area contributed by atoms with E-state index in [9.17, 15) is 4.79 Å². The molecule has 0 aliphatic heterocycles. The number of hydrogen-bond acceptors (Lipinski definition) is 3. The molecule has 0 saturated carbocycles. The van der Waals surface area contributed by atoms with Crippen LogP contribution in [0.4, 0.5) is 5.69 Å². The highest BCUT2D eigenvalue weighted by Gasteiger charge is 2.11. The maximum absolute atomic E-state index is 12.4. The summed E-state index contributed by atoms with van der Waals surface area (Å²) in [4.78, 5) is 12.4. The lowest BCUT2D eigenvalue weighted by Crippen LogP contribution is -2.14. The Labute approximate surface area is 153 Å². The number of rotatable bonds is 5. The molecule has 1 heterocycles. The predicted octanol–water partition coefficient (Wildman–Crippen LogP) is 4.41. The number of nitrogens with one attached hydrogen (secondary N) is 1. The van der Waals surface area contributed by atoms with E-state index in [-0.39, 0.29) is 12.6 Å². The van der Waals surface area contributed by atoms with Crippen LogP contribution in [0.5, 0.6) is 5.75 Å². The molecule has 26 heavy (non-hydrogen) atoms. The molecular weight excluding hydrogens is 326 g/mol. The van der Waals surface area contributed by atoms with Crippen molar-refractivity contribution in [1.82, 2.24) is 9.78 Å². The molecule has 0 fully saturated rings. The zero-order valence-corrected chi connectivity index (χ0v) is 15.5. The summed E-state index contributed by atoms with van der Waals surface area (Å²) in [5.74, 6) is 0.575. The van der Waals surface area contributed by atoms with Crippen LogP contribution in [0.2, 0.25) is 0 Å². The standard InChI is InChI=1S/C21H23N3O2/c1-14-5-8-20(17(4)11-14)26-13-24-10-9-19(23-24)21(25)22-18-7-6-15(2)16(3)12-18/h5-12H,13H2,1-4H3,(H,22,25). The summed E-state index contributed by atoms with van der Waals surface area (Å²) in [6.45, 7) is 8.36. The lowest BCUT2D eigenvalue weighted by atomic mass is 10.1. The molecule has 1 aromatic heterocycles. The minimum atomic E-state index is -0.237. The van der Waals surface area contributed by atoms with Crippen molar-refractivity contribution in [2.45, 2.75) is 34.4 Å². The Kier molecular flexibility index (Phi) is 5.07. The van der Waals surface area contributed by atoms with Crippen molar-refractivity contribution >= 4 is 11.6 Å². The molecule has 3 rings (SSSR count). The van der Waals surface area contributed by atoms with Gasteiger partial charge < -0.3 is 10.1 Å². The van der Waals surface area contributed by atoms with Crippen LogP contribution in [0.1, 0.15) is 32.7 Å². The molecule has 0 atom stereocenters. The Balaban J connectivity index is 1.63. The van der Waals surface area contributed by atoms with E-state index in [1.165, 1.54) is 11.1 Å². The van der Waals surface area contributed by atoms with Crippen molar-refractivity contribution < 1.29 is 9.53 Å². The summed E-state index contributed by atoms with van der Waals surface area (Å²) in [6.07, 6.45) is 1.73. The summed E-state index contributed by atoms with van der Waals surface area (Å²) in [5.41, 5.74) is 5.71. The molecule has 0 bridgehead atoms. The summed E-state index contributed by atoms with van der Waals surface area (Å²) in [7, 11) is 0. The maximum Gasteiger partial charge on any atom is 0.276 e. The van der Waals surface area contributed by atoms with E-state index < -0.39 is 0 Å². The lowest BCUT2D eigenvalue weighted by Gasteiger charge is -2.09. The van der Waals surface area contributed by atoms with Crippen LogP contribution >= 0.6 is 0 Å². The van der Waals surface area contributed by atoms with Gasteiger partial charge >= 0.3 is 0 Å². The number of hydrogen-bond donors (Lipinski definition) is 1. The first-order valence-corrected chi connectivity index (χ1v) is 8.54. The number of carbonyl (C=O) groups excluding carboxylic acids is 1. The normalized spacial score (nSPS) is 10.6. The van der Waals surface area contributed by atoms with Gasteiger partial charge in [-0.25, -0.2) is 4.68 Å². The second kappa shape index (κ2) is 7.44. The molecule has 0 aliphatic carbocycles. The number of carbonyl (C=O) groups is 1. The Bertz CT molecular complexity index is 944. The Morgan fingerprint density at radius 2 is 1.81 bits per heavy atom. The van der Waals surface area contributed by atoms with Crippen molar-refractivity contribution in [1.29, 1.82) is 0 Å². The van der Waals surface area contributed by atoms with Crippen LogP contribution in [-0.4, -0.2) is 15.7 Å². The highest BCUT2D eigenvalue weighted by atomic mass is 16.5. The van der Waals surface area contributed by atoms with Crippen LogP contribution in [0.3, 0.4) is 0 Å². The van der Waals surface area contributed by atoms with Gasteiger partial charge in [0.25, 0.3) is 5.91 Å². The zero-order chi connectivity index (χ0) is 18.7. The average Bonchev–Trinajstić information content (AvgIpc) is 3.06. The number of benzene rings is 2. The molecule has 0 saturated heterocycles. The molecule has 5 heteroatoms. The SMILES string of the molecule is Cc1ccc(OCn2ccc(C(=O)Nc3ccc(C)c(C)c3)n2)c(C)c1. The van der Waals surface area contributed by atoms with Gasteiger partial charge in [0.05, 0.1) is 0 Å². The zero-order valence-electron chi connectivity index (χ0n) is 15.5. The van der Waals surface area contributed by atoms with Gasteiger partial charge in [0, 0.05) is 11.9 Å². The van der Waals surface area contributed by atoms with E-state index in [2.05, 4.69) is 16.5 Å². The molecule has 0 aliphatic rings. The Hall–Kier alpha value is -3.08. The van der Waals surface area contributed by atoms with Crippen LogP contribution in [0.25, 0.3) is 0 Å². The number of ether oxygens (including phenoxy) is 1. The second-order valence-electron chi connectivity index (χ2n) is 6.54. The summed E-state index contributed by atoms with van der Waals surface area (Å²) in [6, 6.07) is 13.5. The monoisotopic (exact) mass is 349 g/mol. The molecule has 3 aromatic rings. The van der Waals surface area contributed by atoms with Crippen LogP contribution in [0.15, 0.2) is 48.7 Å². The van der Waals surface area contributed by atoms with Gasteiger partial charge in [0.1, 0.15) is 5.75 Å². The topological polar surface area (TPSA) is 56.1 Å². The van der Waals surface area contributed by atoms with Gasteiger partial charge in [0.2, 0.25) is 0 Å². The Morgan fingerprint density at radius 1 is 1.00 bits per heavy atom. The first-order valence-electron chi connectivity index (χ1n) is 8.54. The van der Waals surface area contributed by atoms with E-state index in [1.54, 1.807) is 16.9 Å². The van der Waals surface area contributed by atoms with Gasteiger partial charge in [-0.15, -0.1) is 0 Å². The Morgan fingerprint density at radius 3 is 2.54 bits per heavy atom. The van der Waals surface area contributed by atoms with Crippen molar-refractivity contribution in [3.63, 3.8) is 0 Å². The first-order chi connectivity index (χ1) is 12.4. The molecule has 5 nitrogen and oxygen atoms in total. The molecule has 1 N–H and O–H groups in total. The molecule has 1 amide bonds. The minimum Gasteiger partial charge on any atom is -0.471 e. The van der Waals surface area contributed by atoms with Gasteiger partial charge in [-0.05, 0) is 68.7 Å². The molecule has 0 spiro atoms. The molecular formula is C21H23N3O2. The molecule has 134 valence electrons. The van der Waals surface area contributed by atoms with Gasteiger partial charge in [-0.3, -0.25) is 4.79 Å². The highest BCUT2D eigenvalue weighted by Crippen LogP contribution is 2.19. The van der Waals surface area contributed by atoms with Crippen LogP contribution < -0.4 is 10.1 Å². The van der Waals surface area contributed by atoms with Crippen molar-refractivity contribution in [2.75, 3.05) is 5.32 Å². The number of aromatic nitrogens is 2. The van der Waals surface area contributed by atoms with E-state index in [1.807, 2.05) is 58.0 Å². The maximum atomic E-state index is 12.4. The fourth-order valence-corrected chi connectivity index (χ4v) is 2.67. The third-order valence-corrected chi connectivity index (χ3v) is 4.32. The fourth-order valence-electron chi connectivity index (χ4n) is 2.67. The van der Waals surface area contributed by atoms with Gasteiger partial charge in [-0.2, -0.15) is 5.10 Å². The minimum absolute atomic E-state index is 0.237. The number of nitrogens with zero attached hydrogens (tertiary/aromatic N) is 2. The summed E-state index contributed by atoms with van der Waals surface area (Å²) in [5, 5.41) is 7.16. The molecule has 0 radical (unpaired) electrons. The van der Waals surface area contributed by atoms with E-state index in [0.717, 1.165) is 22.6 Å². The smallest absolute Gasteiger partial charge is 0.276 e. The lowest BCUT2D eigenvalue weighted by molar-refractivity contribution is 0.102. The first kappa shape index (κ1) is 17.7. The van der Waals surface area contributed by atoms with E-state index >= 15 is 0 Å². The largest absolute Gasteiger partial charge is 0.471 e. The van der Waals surface area contributed by atoms with E-state index in [0.29, 0.717) is 5.69 Å². The fraction of sp³-hybridized carbons (Fsp3) is 0.238. The number of aryl methyl sites for hydroxylation is 4. The average molecular weight is 349 g/mol. The summed E-state index contributed by atoms with van der Waals surface area (Å²) < 4.78 is 7.39.